The Hall–Kier alpha value is -1.06. The first-order valence-corrected chi connectivity index (χ1v) is 11.0. The summed E-state index contributed by atoms with van der Waals surface area (Å²) in [5.41, 5.74) is 2.10. The molecule has 2 nitrogen and oxygen atoms in total. The minimum atomic E-state index is -0.277. The number of hydrogen-bond acceptors (Lipinski definition) is 2. The monoisotopic (exact) mass is 370 g/mol. The molecular formula is C24H39BO2. The van der Waals surface area contributed by atoms with Gasteiger partial charge in [-0.1, -0.05) is 88.2 Å². The van der Waals surface area contributed by atoms with Crippen LogP contribution in [0.5, 0.6) is 0 Å². The zero-order valence-electron chi connectivity index (χ0n) is 18.2. The van der Waals surface area contributed by atoms with E-state index in [1.807, 2.05) is 5.98 Å². The summed E-state index contributed by atoms with van der Waals surface area (Å²) < 4.78 is 12.1. The molecule has 0 saturated carbocycles. The van der Waals surface area contributed by atoms with Gasteiger partial charge >= 0.3 is 7.12 Å². The summed E-state index contributed by atoms with van der Waals surface area (Å²) in [6.45, 7) is 10.6. The number of unbranched alkanes of at least 4 members (excludes halogenated alkanes) is 7. The molecule has 0 spiro atoms. The molecular weight excluding hydrogens is 331 g/mol. The molecule has 0 aliphatic carbocycles. The van der Waals surface area contributed by atoms with Crippen LogP contribution in [0.1, 0.15) is 97.1 Å². The van der Waals surface area contributed by atoms with Gasteiger partial charge in [0.05, 0.1) is 11.2 Å². The molecule has 1 aromatic carbocycles. The van der Waals surface area contributed by atoms with E-state index in [0.29, 0.717) is 0 Å². The second-order valence-electron chi connectivity index (χ2n) is 8.95. The molecule has 0 N–H and O–H groups in total. The van der Waals surface area contributed by atoms with Crippen molar-refractivity contribution in [3.8, 4) is 0 Å². The van der Waals surface area contributed by atoms with Gasteiger partial charge in [0, 0.05) is 0 Å². The normalized spacial score (nSPS) is 18.5. The van der Waals surface area contributed by atoms with Gasteiger partial charge in [0.2, 0.25) is 0 Å². The molecule has 0 amide bonds. The molecule has 1 fully saturated rings. The van der Waals surface area contributed by atoms with Crippen LogP contribution in [0.3, 0.4) is 0 Å². The molecule has 0 unspecified atom stereocenters. The van der Waals surface area contributed by atoms with Crippen molar-refractivity contribution in [2.75, 3.05) is 0 Å². The molecule has 1 aliphatic rings. The summed E-state index contributed by atoms with van der Waals surface area (Å²) in [7, 11) is -0.272. The van der Waals surface area contributed by atoms with Gasteiger partial charge in [-0.2, -0.15) is 0 Å². The van der Waals surface area contributed by atoms with Crippen LogP contribution in [-0.2, 0) is 15.7 Å². The highest BCUT2D eigenvalue weighted by atomic mass is 16.7. The molecule has 27 heavy (non-hydrogen) atoms. The Balaban J connectivity index is 1.74. The highest BCUT2D eigenvalue weighted by Crippen LogP contribution is 2.37. The van der Waals surface area contributed by atoms with Gasteiger partial charge in [-0.05, 0) is 51.7 Å². The molecule has 150 valence electrons. The van der Waals surface area contributed by atoms with Crippen LogP contribution in [0.15, 0.2) is 30.2 Å². The Morgan fingerprint density at radius 1 is 0.852 bits per heavy atom. The van der Waals surface area contributed by atoms with E-state index in [1.54, 1.807) is 0 Å². The van der Waals surface area contributed by atoms with Crippen molar-refractivity contribution in [1.82, 2.24) is 0 Å². The zero-order valence-corrected chi connectivity index (χ0v) is 18.2. The third kappa shape index (κ3) is 7.12. The van der Waals surface area contributed by atoms with Crippen LogP contribution < -0.4 is 0 Å². The van der Waals surface area contributed by atoms with Gasteiger partial charge in [0.15, 0.2) is 0 Å². The maximum atomic E-state index is 6.03. The van der Waals surface area contributed by atoms with E-state index in [9.17, 15) is 0 Å². The zero-order chi connectivity index (χ0) is 19.8. The molecule has 1 aliphatic heterocycles. The average molecular weight is 370 g/mol. The summed E-state index contributed by atoms with van der Waals surface area (Å²) in [6, 6.07) is 8.85. The van der Waals surface area contributed by atoms with E-state index in [4.69, 9.17) is 9.31 Å². The highest BCUT2D eigenvalue weighted by molar-refractivity contribution is 6.52. The van der Waals surface area contributed by atoms with Crippen LogP contribution in [0.25, 0.3) is 6.08 Å². The summed E-state index contributed by atoms with van der Waals surface area (Å²) in [6.07, 6.45) is 14.3. The fraction of sp³-hybridized carbons (Fsp3) is 0.667. The van der Waals surface area contributed by atoms with E-state index in [0.717, 1.165) is 0 Å². The Morgan fingerprint density at radius 3 is 2.07 bits per heavy atom. The van der Waals surface area contributed by atoms with Crippen LogP contribution in [-0.4, -0.2) is 18.3 Å². The number of rotatable bonds is 11. The fourth-order valence-electron chi connectivity index (χ4n) is 3.47. The van der Waals surface area contributed by atoms with Crippen molar-refractivity contribution < 1.29 is 9.31 Å². The molecule has 0 aromatic heterocycles. The lowest BCUT2D eigenvalue weighted by atomic mass is 9.89. The largest absolute Gasteiger partial charge is 0.487 e. The Morgan fingerprint density at radius 2 is 1.44 bits per heavy atom. The lowest BCUT2D eigenvalue weighted by Crippen LogP contribution is -2.41. The van der Waals surface area contributed by atoms with Crippen molar-refractivity contribution in [1.29, 1.82) is 0 Å². The highest BCUT2D eigenvalue weighted by Gasteiger charge is 2.49. The maximum Gasteiger partial charge on any atom is 0.487 e. The first kappa shape index (κ1) is 22.2. The smallest absolute Gasteiger partial charge is 0.400 e. The minimum absolute atomic E-state index is 0.272. The van der Waals surface area contributed by atoms with Gasteiger partial charge in [0.1, 0.15) is 0 Å². The minimum Gasteiger partial charge on any atom is -0.400 e. The van der Waals surface area contributed by atoms with E-state index < -0.39 is 0 Å². The molecule has 0 atom stereocenters. The molecule has 2 rings (SSSR count). The fourth-order valence-corrected chi connectivity index (χ4v) is 3.47. The Kier molecular flexibility index (Phi) is 8.63. The van der Waals surface area contributed by atoms with Crippen molar-refractivity contribution in [3.05, 3.63) is 41.4 Å². The quantitative estimate of drug-likeness (QED) is 0.308. The summed E-state index contributed by atoms with van der Waals surface area (Å²) >= 11 is 0. The van der Waals surface area contributed by atoms with E-state index in [2.05, 4.69) is 65.0 Å². The Labute approximate surface area is 167 Å². The second kappa shape index (κ2) is 10.5. The maximum absolute atomic E-state index is 6.03. The topological polar surface area (TPSA) is 18.5 Å². The van der Waals surface area contributed by atoms with Gasteiger partial charge in [-0.15, -0.1) is 0 Å². The van der Waals surface area contributed by atoms with Crippen LogP contribution >= 0.6 is 0 Å². The number of benzene rings is 1. The van der Waals surface area contributed by atoms with Gasteiger partial charge in [0.25, 0.3) is 0 Å². The van der Waals surface area contributed by atoms with E-state index >= 15 is 0 Å². The third-order valence-electron chi connectivity index (χ3n) is 5.99. The van der Waals surface area contributed by atoms with Gasteiger partial charge < -0.3 is 9.31 Å². The van der Waals surface area contributed by atoms with Gasteiger partial charge in [-0.3, -0.25) is 0 Å². The predicted octanol–water partition coefficient (Wildman–Crippen LogP) is 7.01. The second-order valence-corrected chi connectivity index (χ2v) is 8.95. The molecule has 1 heterocycles. The summed E-state index contributed by atoms with van der Waals surface area (Å²) in [4.78, 5) is 0. The average Bonchev–Trinajstić information content (AvgIpc) is 2.83. The molecule has 0 bridgehead atoms. The third-order valence-corrected chi connectivity index (χ3v) is 5.99. The molecule has 0 radical (unpaired) electrons. The van der Waals surface area contributed by atoms with E-state index in [1.165, 1.54) is 68.9 Å². The standard InChI is InChI=1S/C24H39BO2/c1-6-7-8-9-10-11-12-13-15-21-16-14-17-22(20-21)18-19-25-26-23(2,3)24(4,5)27-25/h14,16-20H,6-13,15H2,1-5H3/b19-18-. The lowest BCUT2D eigenvalue weighted by molar-refractivity contribution is 0.00578. The van der Waals surface area contributed by atoms with Crippen molar-refractivity contribution >= 4 is 13.2 Å². The summed E-state index contributed by atoms with van der Waals surface area (Å²) in [5.74, 6) is 2.03. The van der Waals surface area contributed by atoms with Crippen molar-refractivity contribution in [2.45, 2.75) is 104 Å². The molecule has 1 aromatic rings. The SMILES string of the molecule is CCCCCCCCCCc1cccc(/C=C\B2OC(C)(C)C(C)(C)O2)c1. The molecule has 3 heteroatoms. The first-order valence-electron chi connectivity index (χ1n) is 11.0. The predicted molar refractivity (Wildman–Crippen MR) is 118 cm³/mol. The molecule has 1 saturated heterocycles. The lowest BCUT2D eigenvalue weighted by Gasteiger charge is -2.32. The van der Waals surface area contributed by atoms with E-state index in [-0.39, 0.29) is 18.3 Å². The van der Waals surface area contributed by atoms with Gasteiger partial charge in [-0.25, -0.2) is 0 Å². The number of hydrogen-bond donors (Lipinski definition) is 0. The van der Waals surface area contributed by atoms with Crippen LogP contribution in [0, 0.1) is 0 Å². The number of aryl methyl sites for hydroxylation is 1. The van der Waals surface area contributed by atoms with Crippen molar-refractivity contribution in [3.63, 3.8) is 0 Å². The first-order chi connectivity index (χ1) is 12.8. The Bertz CT molecular complexity index is 576. The van der Waals surface area contributed by atoms with Crippen LogP contribution in [0.4, 0.5) is 0 Å². The van der Waals surface area contributed by atoms with Crippen molar-refractivity contribution in [2.24, 2.45) is 0 Å². The summed E-state index contributed by atoms with van der Waals surface area (Å²) in [5, 5.41) is 0. The van der Waals surface area contributed by atoms with Crippen LogP contribution in [0.2, 0.25) is 0 Å².